The van der Waals surface area contributed by atoms with Crippen LogP contribution in [-0.4, -0.2) is 36.9 Å². The standard InChI is InChI=1S/C19H26N4O3.ClH/c20-11-13-5-1-2-6-14(13)21-17(24)9-10-19(26)23-12-18(25)22-15-7-3-4-8-16(15)23;/h3-4,7-8,13-14H,1-2,5-6,9-12,20H2,(H,21,24)(H,22,25);1H. The van der Waals surface area contributed by atoms with Crippen LogP contribution in [0.15, 0.2) is 24.3 Å². The van der Waals surface area contributed by atoms with Gasteiger partial charge in [-0.25, -0.2) is 0 Å². The van der Waals surface area contributed by atoms with Crippen LogP contribution in [0.1, 0.15) is 38.5 Å². The van der Waals surface area contributed by atoms with Crippen LogP contribution in [0.3, 0.4) is 0 Å². The van der Waals surface area contributed by atoms with Crippen LogP contribution in [0.2, 0.25) is 0 Å². The molecule has 0 saturated heterocycles. The highest BCUT2D eigenvalue weighted by molar-refractivity contribution is 6.10. The molecule has 3 rings (SSSR count). The van der Waals surface area contributed by atoms with Crippen molar-refractivity contribution in [3.8, 4) is 0 Å². The molecule has 1 saturated carbocycles. The van der Waals surface area contributed by atoms with Crippen LogP contribution in [0.5, 0.6) is 0 Å². The molecule has 0 spiro atoms. The molecule has 0 aromatic heterocycles. The maximum Gasteiger partial charge on any atom is 0.244 e. The van der Waals surface area contributed by atoms with E-state index in [0.717, 1.165) is 25.7 Å². The van der Waals surface area contributed by atoms with Gasteiger partial charge in [0.05, 0.1) is 11.4 Å². The summed E-state index contributed by atoms with van der Waals surface area (Å²) in [4.78, 5) is 38.1. The highest BCUT2D eigenvalue weighted by Gasteiger charge is 2.28. The van der Waals surface area contributed by atoms with Crippen molar-refractivity contribution < 1.29 is 14.4 Å². The van der Waals surface area contributed by atoms with Gasteiger partial charge in [-0.2, -0.15) is 0 Å². The molecular formula is C19H27ClN4O3. The third kappa shape index (κ3) is 5.20. The summed E-state index contributed by atoms with van der Waals surface area (Å²) in [5.74, 6) is -0.254. The lowest BCUT2D eigenvalue weighted by Crippen LogP contribution is -2.45. The number of anilines is 2. The first-order valence-corrected chi connectivity index (χ1v) is 9.27. The van der Waals surface area contributed by atoms with Gasteiger partial charge in [-0.3, -0.25) is 14.4 Å². The highest BCUT2D eigenvalue weighted by Crippen LogP contribution is 2.29. The second-order valence-corrected chi connectivity index (χ2v) is 7.00. The Morgan fingerprint density at radius 1 is 1.19 bits per heavy atom. The fourth-order valence-corrected chi connectivity index (χ4v) is 3.77. The zero-order valence-corrected chi connectivity index (χ0v) is 16.1. The monoisotopic (exact) mass is 394 g/mol. The first-order valence-electron chi connectivity index (χ1n) is 9.27. The zero-order valence-electron chi connectivity index (χ0n) is 15.3. The van der Waals surface area contributed by atoms with E-state index in [2.05, 4.69) is 10.6 Å². The Hall–Kier alpha value is -2.12. The van der Waals surface area contributed by atoms with E-state index in [1.54, 1.807) is 18.2 Å². The fourth-order valence-electron chi connectivity index (χ4n) is 3.77. The van der Waals surface area contributed by atoms with E-state index in [1.165, 1.54) is 4.90 Å². The molecule has 8 heteroatoms. The molecule has 2 aliphatic rings. The molecule has 1 fully saturated rings. The first-order chi connectivity index (χ1) is 12.6. The number of nitrogens with zero attached hydrogens (tertiary/aromatic N) is 1. The minimum atomic E-state index is -0.227. The number of rotatable bonds is 5. The van der Waals surface area contributed by atoms with Gasteiger partial charge in [-0.05, 0) is 37.4 Å². The predicted octanol–water partition coefficient (Wildman–Crippen LogP) is 1.81. The lowest BCUT2D eigenvalue weighted by molar-refractivity contribution is -0.126. The van der Waals surface area contributed by atoms with Gasteiger partial charge in [0.2, 0.25) is 17.7 Å². The van der Waals surface area contributed by atoms with Gasteiger partial charge in [-0.15, -0.1) is 12.4 Å². The minimum absolute atomic E-state index is 0. The molecule has 3 amide bonds. The molecule has 2 atom stereocenters. The zero-order chi connectivity index (χ0) is 18.5. The van der Waals surface area contributed by atoms with Crippen molar-refractivity contribution in [3.05, 3.63) is 24.3 Å². The second kappa shape index (κ2) is 9.71. The molecule has 27 heavy (non-hydrogen) atoms. The van der Waals surface area contributed by atoms with E-state index in [0.29, 0.717) is 23.8 Å². The molecule has 1 heterocycles. The number of benzene rings is 1. The Labute approximate surface area is 165 Å². The van der Waals surface area contributed by atoms with Gasteiger partial charge >= 0.3 is 0 Å². The summed E-state index contributed by atoms with van der Waals surface area (Å²) >= 11 is 0. The van der Waals surface area contributed by atoms with Crippen LogP contribution in [-0.2, 0) is 14.4 Å². The Morgan fingerprint density at radius 2 is 1.93 bits per heavy atom. The van der Waals surface area contributed by atoms with E-state index >= 15 is 0 Å². The Balaban J connectivity index is 0.00000261. The van der Waals surface area contributed by atoms with Crippen LogP contribution >= 0.6 is 12.4 Å². The normalized spacial score (nSPS) is 21.5. The molecule has 0 bridgehead atoms. The van der Waals surface area contributed by atoms with E-state index in [4.69, 9.17) is 5.73 Å². The molecule has 1 aliphatic heterocycles. The molecular weight excluding hydrogens is 368 g/mol. The van der Waals surface area contributed by atoms with Crippen molar-refractivity contribution in [2.75, 3.05) is 23.3 Å². The molecule has 148 valence electrons. The Kier molecular flexibility index (Phi) is 7.62. The topological polar surface area (TPSA) is 105 Å². The van der Waals surface area contributed by atoms with Crippen molar-refractivity contribution in [3.63, 3.8) is 0 Å². The van der Waals surface area contributed by atoms with Gasteiger partial charge in [0.15, 0.2) is 0 Å². The number of nitrogens with one attached hydrogen (secondary N) is 2. The number of fused-ring (bicyclic) bond motifs is 1. The SMILES string of the molecule is Cl.NCC1CCCCC1NC(=O)CCC(=O)N1CC(=O)Nc2ccccc21. The van der Waals surface area contributed by atoms with E-state index in [-0.39, 0.29) is 55.6 Å². The number of carbonyl (C=O) groups is 3. The highest BCUT2D eigenvalue weighted by atomic mass is 35.5. The molecule has 1 aromatic carbocycles. The smallest absolute Gasteiger partial charge is 0.244 e. The minimum Gasteiger partial charge on any atom is -0.353 e. The summed E-state index contributed by atoms with van der Waals surface area (Å²) in [6.07, 6.45) is 4.44. The lowest BCUT2D eigenvalue weighted by Gasteiger charge is -2.31. The molecule has 0 radical (unpaired) electrons. The number of nitrogens with two attached hydrogens (primary N) is 1. The fraction of sp³-hybridized carbons (Fsp3) is 0.526. The lowest BCUT2D eigenvalue weighted by atomic mass is 9.84. The van der Waals surface area contributed by atoms with Crippen LogP contribution < -0.4 is 21.3 Å². The predicted molar refractivity (Wildman–Crippen MR) is 107 cm³/mol. The van der Waals surface area contributed by atoms with Crippen molar-refractivity contribution in [2.45, 2.75) is 44.6 Å². The van der Waals surface area contributed by atoms with Gasteiger partial charge in [-0.1, -0.05) is 25.0 Å². The summed E-state index contributed by atoms with van der Waals surface area (Å²) < 4.78 is 0. The summed E-state index contributed by atoms with van der Waals surface area (Å²) in [6, 6.07) is 7.28. The van der Waals surface area contributed by atoms with Gasteiger partial charge in [0.25, 0.3) is 0 Å². The van der Waals surface area contributed by atoms with Gasteiger partial charge < -0.3 is 21.3 Å². The molecule has 7 nitrogen and oxygen atoms in total. The van der Waals surface area contributed by atoms with Crippen molar-refractivity contribution in [1.82, 2.24) is 5.32 Å². The van der Waals surface area contributed by atoms with Crippen LogP contribution in [0.4, 0.5) is 11.4 Å². The van der Waals surface area contributed by atoms with Crippen molar-refractivity contribution >= 4 is 41.5 Å². The number of amides is 3. The second-order valence-electron chi connectivity index (χ2n) is 7.00. The van der Waals surface area contributed by atoms with Crippen molar-refractivity contribution in [2.24, 2.45) is 11.7 Å². The summed E-state index contributed by atoms with van der Waals surface area (Å²) in [6.45, 7) is 0.554. The van der Waals surface area contributed by atoms with E-state index in [9.17, 15) is 14.4 Å². The number of carbonyl (C=O) groups excluding carboxylic acids is 3. The molecule has 4 N–H and O–H groups in total. The third-order valence-electron chi connectivity index (χ3n) is 5.20. The van der Waals surface area contributed by atoms with E-state index < -0.39 is 0 Å². The maximum atomic E-state index is 12.6. The van der Waals surface area contributed by atoms with Crippen molar-refractivity contribution in [1.29, 1.82) is 0 Å². The molecule has 2 unspecified atom stereocenters. The average Bonchev–Trinajstić information content (AvgIpc) is 2.65. The largest absolute Gasteiger partial charge is 0.353 e. The molecule has 1 aromatic rings. The third-order valence-corrected chi connectivity index (χ3v) is 5.20. The number of hydrogen-bond donors (Lipinski definition) is 3. The van der Waals surface area contributed by atoms with E-state index in [1.807, 2.05) is 6.07 Å². The summed E-state index contributed by atoms with van der Waals surface area (Å²) in [7, 11) is 0. The Bertz CT molecular complexity index is 697. The molecule has 1 aliphatic carbocycles. The summed E-state index contributed by atoms with van der Waals surface area (Å²) in [5.41, 5.74) is 7.09. The van der Waals surface area contributed by atoms with Gasteiger partial charge in [0.1, 0.15) is 6.54 Å². The maximum absolute atomic E-state index is 12.6. The van der Waals surface area contributed by atoms with Gasteiger partial charge in [0, 0.05) is 18.9 Å². The number of hydrogen-bond acceptors (Lipinski definition) is 4. The average molecular weight is 395 g/mol. The quantitative estimate of drug-likeness (QED) is 0.708. The number of halogens is 1. The summed E-state index contributed by atoms with van der Waals surface area (Å²) in [5, 5.41) is 5.79. The first kappa shape index (κ1) is 21.2. The Morgan fingerprint density at radius 3 is 2.70 bits per heavy atom. The van der Waals surface area contributed by atoms with Crippen LogP contribution in [0.25, 0.3) is 0 Å². The van der Waals surface area contributed by atoms with Crippen LogP contribution in [0, 0.1) is 5.92 Å². The number of para-hydroxylation sites is 2.